The summed E-state index contributed by atoms with van der Waals surface area (Å²) in [4.78, 5) is 12.6. The van der Waals surface area contributed by atoms with Crippen LogP contribution in [0.4, 0.5) is 0 Å². The number of para-hydroxylation sites is 1. The van der Waals surface area contributed by atoms with Gasteiger partial charge in [-0.05, 0) is 17.6 Å². The summed E-state index contributed by atoms with van der Waals surface area (Å²) < 4.78 is 2.13. The molecule has 2 nitrogen and oxygen atoms in total. The molecule has 0 unspecified atom stereocenters. The zero-order valence-electron chi connectivity index (χ0n) is 14.3. The lowest BCUT2D eigenvalue weighted by molar-refractivity contribution is 0.105. The third kappa shape index (κ3) is 3.66. The molecule has 0 aliphatic carbocycles. The van der Waals surface area contributed by atoms with Gasteiger partial charge in [0.15, 0.2) is 0 Å². The van der Waals surface area contributed by atoms with Gasteiger partial charge in [0.05, 0.1) is 5.56 Å². The summed E-state index contributed by atoms with van der Waals surface area (Å²) in [6.07, 6.45) is 1.94. The molecule has 0 atom stereocenters. The lowest BCUT2D eigenvalue weighted by Gasteiger charge is -2.05. The van der Waals surface area contributed by atoms with E-state index in [0.29, 0.717) is 5.56 Å². The van der Waals surface area contributed by atoms with Crippen LogP contribution in [-0.4, -0.2) is 18.4 Å². The molecule has 0 radical (unpaired) electrons. The number of fused-ring (bicyclic) bond motifs is 1. The van der Waals surface area contributed by atoms with Crippen LogP contribution in [0.5, 0.6) is 0 Å². The second kappa shape index (κ2) is 6.50. The van der Waals surface area contributed by atoms with E-state index in [2.05, 4.69) is 53.9 Å². The van der Waals surface area contributed by atoms with E-state index in [9.17, 15) is 4.79 Å². The van der Waals surface area contributed by atoms with Crippen molar-refractivity contribution in [3.63, 3.8) is 0 Å². The summed E-state index contributed by atoms with van der Waals surface area (Å²) in [5.74, 6) is 2.78. The Balaban J connectivity index is 2.03. The summed E-state index contributed by atoms with van der Waals surface area (Å²) in [6, 6.07) is 18.3. The van der Waals surface area contributed by atoms with E-state index in [1.807, 2.05) is 42.6 Å². The second-order valence-electron chi connectivity index (χ2n) is 7.00. The monoisotopic (exact) mass is 331 g/mol. The highest BCUT2D eigenvalue weighted by Crippen LogP contribution is 2.23. The molecule has 3 rings (SSSR count). The largest absolute Gasteiger partial charge is 0.342 e. The lowest BCUT2D eigenvalue weighted by atomic mass is 10.1. The predicted molar refractivity (Wildman–Crippen MR) is 103 cm³/mol. The van der Waals surface area contributed by atoms with Gasteiger partial charge in [0.1, 0.15) is 8.07 Å². The van der Waals surface area contributed by atoms with Crippen LogP contribution in [0, 0.1) is 11.5 Å². The number of Topliss-reactive ketones (excluding diaryl/α,β-unsaturated/α-hetero) is 1. The van der Waals surface area contributed by atoms with E-state index < -0.39 is 8.07 Å². The first-order valence-electron chi connectivity index (χ1n) is 8.13. The molecule has 3 aromatic rings. The maximum Gasteiger partial charge on any atom is 0.237 e. The zero-order chi connectivity index (χ0) is 17.2. The molecule has 1 aromatic heterocycles. The summed E-state index contributed by atoms with van der Waals surface area (Å²) in [5, 5.41) is 0.975. The van der Waals surface area contributed by atoms with Crippen LogP contribution in [0.1, 0.15) is 15.9 Å². The van der Waals surface area contributed by atoms with Gasteiger partial charge in [0.2, 0.25) is 5.78 Å². The number of benzene rings is 2. The quantitative estimate of drug-likeness (QED) is 0.385. The minimum Gasteiger partial charge on any atom is -0.342 e. The topological polar surface area (TPSA) is 22.0 Å². The third-order valence-corrected chi connectivity index (χ3v) is 4.65. The Morgan fingerprint density at radius 1 is 1.00 bits per heavy atom. The van der Waals surface area contributed by atoms with Crippen molar-refractivity contribution < 1.29 is 4.79 Å². The van der Waals surface area contributed by atoms with Crippen molar-refractivity contribution in [2.45, 2.75) is 26.2 Å². The molecule has 3 heteroatoms. The molecule has 0 N–H and O–H groups in total. The Kier molecular flexibility index (Phi) is 4.42. The van der Waals surface area contributed by atoms with Crippen molar-refractivity contribution in [1.29, 1.82) is 0 Å². The Bertz CT molecular complexity index is 937. The van der Waals surface area contributed by atoms with Gasteiger partial charge in [-0.3, -0.25) is 4.79 Å². The second-order valence-corrected chi connectivity index (χ2v) is 11.8. The van der Waals surface area contributed by atoms with Crippen LogP contribution in [0.15, 0.2) is 60.8 Å². The van der Waals surface area contributed by atoms with E-state index in [4.69, 9.17) is 0 Å². The summed E-state index contributed by atoms with van der Waals surface area (Å²) in [5.41, 5.74) is 6.16. The lowest BCUT2D eigenvalue weighted by Crippen LogP contribution is -2.17. The van der Waals surface area contributed by atoms with E-state index >= 15 is 0 Å². The molecule has 0 saturated heterocycles. The number of carbonyl (C=O) groups excluding carboxylic acids is 1. The highest BCUT2D eigenvalue weighted by Gasteiger charge is 2.15. The number of nitrogens with zero attached hydrogens (tertiary/aromatic N) is 1. The van der Waals surface area contributed by atoms with Gasteiger partial charge in [-0.15, -0.1) is 5.54 Å². The molecule has 24 heavy (non-hydrogen) atoms. The van der Waals surface area contributed by atoms with Crippen molar-refractivity contribution in [2.24, 2.45) is 0 Å². The molecule has 2 aromatic carbocycles. The molecule has 0 bridgehead atoms. The zero-order valence-corrected chi connectivity index (χ0v) is 15.3. The summed E-state index contributed by atoms with van der Waals surface area (Å²) in [6.45, 7) is 7.18. The van der Waals surface area contributed by atoms with E-state index in [0.717, 1.165) is 17.4 Å². The molecule has 0 aliphatic heterocycles. The molecule has 0 fully saturated rings. The normalized spacial score (nSPS) is 11.1. The SMILES string of the molecule is C[Si](C)(C)C#CC(=O)c1cn(Cc2ccccc2)c2ccccc12. The number of ketones is 1. The van der Waals surface area contributed by atoms with Crippen molar-refractivity contribution in [2.75, 3.05) is 0 Å². The van der Waals surface area contributed by atoms with Gasteiger partial charge in [-0.1, -0.05) is 68.2 Å². The Morgan fingerprint density at radius 2 is 1.67 bits per heavy atom. The Labute approximate surface area is 144 Å². The van der Waals surface area contributed by atoms with E-state index in [-0.39, 0.29) is 5.78 Å². The van der Waals surface area contributed by atoms with Gasteiger partial charge in [0, 0.05) is 23.6 Å². The van der Waals surface area contributed by atoms with Crippen molar-refractivity contribution >= 4 is 24.8 Å². The van der Waals surface area contributed by atoms with E-state index in [1.54, 1.807) is 0 Å². The number of rotatable bonds is 3. The molecule has 0 aliphatic rings. The van der Waals surface area contributed by atoms with Gasteiger partial charge >= 0.3 is 0 Å². The average Bonchev–Trinajstić information content (AvgIpc) is 2.92. The Morgan fingerprint density at radius 3 is 2.38 bits per heavy atom. The van der Waals surface area contributed by atoms with Crippen molar-refractivity contribution in [3.05, 3.63) is 71.9 Å². The first-order valence-corrected chi connectivity index (χ1v) is 11.6. The molecular weight excluding hydrogens is 310 g/mol. The maximum atomic E-state index is 12.6. The number of carbonyl (C=O) groups is 1. The van der Waals surface area contributed by atoms with Gasteiger partial charge in [-0.2, -0.15) is 0 Å². The molecule has 0 saturated carbocycles. The van der Waals surface area contributed by atoms with Gasteiger partial charge in [0.25, 0.3) is 0 Å². The van der Waals surface area contributed by atoms with Gasteiger partial charge in [-0.25, -0.2) is 0 Å². The highest BCUT2D eigenvalue weighted by atomic mass is 28.3. The molecule has 1 heterocycles. The minimum atomic E-state index is -1.56. The first kappa shape index (κ1) is 16.3. The molecule has 120 valence electrons. The fourth-order valence-electron chi connectivity index (χ4n) is 2.65. The van der Waals surface area contributed by atoms with Crippen LogP contribution in [0.3, 0.4) is 0 Å². The molecular formula is C21H21NOSi. The van der Waals surface area contributed by atoms with Gasteiger partial charge < -0.3 is 4.57 Å². The van der Waals surface area contributed by atoms with Crippen LogP contribution in [0.2, 0.25) is 19.6 Å². The van der Waals surface area contributed by atoms with Crippen LogP contribution >= 0.6 is 0 Å². The highest BCUT2D eigenvalue weighted by molar-refractivity contribution is 6.84. The maximum absolute atomic E-state index is 12.6. The third-order valence-electron chi connectivity index (χ3n) is 3.78. The Hall–Kier alpha value is -2.57. The fraction of sp³-hybridized carbons (Fsp3) is 0.190. The van der Waals surface area contributed by atoms with E-state index in [1.165, 1.54) is 5.56 Å². The predicted octanol–water partition coefficient (Wildman–Crippen LogP) is 4.75. The smallest absolute Gasteiger partial charge is 0.237 e. The van der Waals surface area contributed by atoms with Crippen molar-refractivity contribution in [1.82, 2.24) is 4.57 Å². The number of aromatic nitrogens is 1. The fourth-order valence-corrected chi connectivity index (χ4v) is 3.14. The standard InChI is InChI=1S/C21H21NOSi/c1-24(2,3)14-13-21(23)19-16-22(15-17-9-5-4-6-10-17)20-12-8-7-11-18(19)20/h4-12,16H,15H2,1-3H3. The van der Waals surface area contributed by atoms with Crippen molar-refractivity contribution in [3.8, 4) is 11.5 Å². The minimum absolute atomic E-state index is 0.0829. The molecule has 0 amide bonds. The summed E-state index contributed by atoms with van der Waals surface area (Å²) >= 11 is 0. The van der Waals surface area contributed by atoms with Crippen LogP contribution in [-0.2, 0) is 6.54 Å². The summed E-state index contributed by atoms with van der Waals surface area (Å²) in [7, 11) is -1.56. The number of hydrogen-bond acceptors (Lipinski definition) is 1. The average molecular weight is 331 g/mol. The van der Waals surface area contributed by atoms with Crippen LogP contribution < -0.4 is 0 Å². The van der Waals surface area contributed by atoms with Crippen LogP contribution in [0.25, 0.3) is 10.9 Å². The molecule has 0 spiro atoms. The number of hydrogen-bond donors (Lipinski definition) is 0. The first-order chi connectivity index (χ1) is 11.4.